The molecule has 140 valence electrons. The van der Waals surface area contributed by atoms with Crippen molar-refractivity contribution in [3.63, 3.8) is 0 Å². The Kier molecular flexibility index (Phi) is 6.16. The summed E-state index contributed by atoms with van der Waals surface area (Å²) >= 11 is 0. The van der Waals surface area contributed by atoms with Gasteiger partial charge < -0.3 is 9.47 Å². The summed E-state index contributed by atoms with van der Waals surface area (Å²) in [6, 6.07) is 16.9. The van der Waals surface area contributed by atoms with Crippen LogP contribution >= 0.6 is 0 Å². The predicted octanol–water partition coefficient (Wildman–Crippen LogP) is 3.32. The average molecular weight is 375 g/mol. The molecule has 1 atom stereocenters. The van der Waals surface area contributed by atoms with Crippen molar-refractivity contribution in [2.45, 2.75) is 18.6 Å². The van der Waals surface area contributed by atoms with Crippen LogP contribution in [0.25, 0.3) is 0 Å². The van der Waals surface area contributed by atoms with Gasteiger partial charge in [0.05, 0.1) is 19.5 Å². The fourth-order valence-corrected chi connectivity index (χ4v) is 4.85. The lowest BCUT2D eigenvalue weighted by Gasteiger charge is -2.17. The van der Waals surface area contributed by atoms with Gasteiger partial charge in [-0.15, -0.1) is 0 Å². The van der Waals surface area contributed by atoms with E-state index >= 15 is 0 Å². The van der Waals surface area contributed by atoms with Crippen molar-refractivity contribution in [2.24, 2.45) is 5.92 Å². The number of rotatable bonds is 8. The van der Waals surface area contributed by atoms with Gasteiger partial charge in [0, 0.05) is 13.1 Å². The fourth-order valence-electron chi connectivity index (χ4n) is 3.24. The van der Waals surface area contributed by atoms with Gasteiger partial charge in [-0.1, -0.05) is 42.5 Å². The Morgan fingerprint density at radius 2 is 1.73 bits per heavy atom. The van der Waals surface area contributed by atoms with Crippen LogP contribution in [0.1, 0.15) is 18.4 Å². The number of sulfonamides is 1. The minimum atomic E-state index is -3.26. The lowest BCUT2D eigenvalue weighted by atomic mass is 10.1. The van der Waals surface area contributed by atoms with Crippen LogP contribution in [-0.2, 0) is 15.8 Å². The van der Waals surface area contributed by atoms with Crippen LogP contribution in [0.2, 0.25) is 0 Å². The molecule has 2 aromatic rings. The van der Waals surface area contributed by atoms with Crippen LogP contribution in [0, 0.1) is 5.92 Å². The Labute approximate surface area is 155 Å². The van der Waals surface area contributed by atoms with E-state index in [1.807, 2.05) is 54.6 Å². The number of para-hydroxylation sites is 2. The van der Waals surface area contributed by atoms with Gasteiger partial charge in [0.15, 0.2) is 11.5 Å². The summed E-state index contributed by atoms with van der Waals surface area (Å²) in [6.07, 6.45) is 1.71. The van der Waals surface area contributed by atoms with Crippen molar-refractivity contribution in [2.75, 3.05) is 26.8 Å². The van der Waals surface area contributed by atoms with E-state index in [9.17, 15) is 8.42 Å². The van der Waals surface area contributed by atoms with Gasteiger partial charge in [0.2, 0.25) is 10.0 Å². The molecule has 0 spiro atoms. The van der Waals surface area contributed by atoms with Crippen LogP contribution in [-0.4, -0.2) is 39.5 Å². The molecule has 0 aromatic heterocycles. The molecule has 1 saturated heterocycles. The third-order valence-corrected chi connectivity index (χ3v) is 6.50. The predicted molar refractivity (Wildman–Crippen MR) is 102 cm³/mol. The number of hydrogen-bond donors (Lipinski definition) is 0. The van der Waals surface area contributed by atoms with E-state index in [0.29, 0.717) is 31.4 Å². The zero-order valence-electron chi connectivity index (χ0n) is 15.0. The van der Waals surface area contributed by atoms with Crippen molar-refractivity contribution in [3.05, 3.63) is 60.2 Å². The summed E-state index contributed by atoms with van der Waals surface area (Å²) in [4.78, 5) is 0. The number of ether oxygens (including phenoxy) is 2. The molecule has 0 radical (unpaired) electrons. The molecule has 2 aromatic carbocycles. The van der Waals surface area contributed by atoms with E-state index in [0.717, 1.165) is 24.2 Å². The first-order valence-corrected chi connectivity index (χ1v) is 10.5. The van der Waals surface area contributed by atoms with Gasteiger partial charge >= 0.3 is 0 Å². The molecule has 26 heavy (non-hydrogen) atoms. The molecule has 0 amide bonds. The highest BCUT2D eigenvalue weighted by Crippen LogP contribution is 2.28. The quantitative estimate of drug-likeness (QED) is 0.710. The molecule has 6 heteroatoms. The van der Waals surface area contributed by atoms with Crippen molar-refractivity contribution in [3.8, 4) is 11.5 Å². The van der Waals surface area contributed by atoms with Gasteiger partial charge in [-0.2, -0.15) is 0 Å². The molecule has 1 unspecified atom stereocenters. The minimum Gasteiger partial charge on any atom is -0.493 e. The summed E-state index contributed by atoms with van der Waals surface area (Å²) in [5, 5.41) is 0. The largest absolute Gasteiger partial charge is 0.493 e. The highest BCUT2D eigenvalue weighted by molar-refractivity contribution is 7.88. The van der Waals surface area contributed by atoms with E-state index in [1.165, 1.54) is 0 Å². The van der Waals surface area contributed by atoms with Gasteiger partial charge in [-0.05, 0) is 36.5 Å². The SMILES string of the molecule is COc1ccccc1OCCC1CCN(S(=O)(=O)Cc2ccccc2)C1. The molecule has 0 aliphatic carbocycles. The van der Waals surface area contributed by atoms with Gasteiger partial charge in [-0.25, -0.2) is 12.7 Å². The van der Waals surface area contributed by atoms with Crippen molar-refractivity contribution in [1.29, 1.82) is 0 Å². The third-order valence-electron chi connectivity index (χ3n) is 4.69. The Morgan fingerprint density at radius 3 is 2.46 bits per heavy atom. The Bertz CT molecular complexity index is 808. The number of benzene rings is 2. The molecule has 3 rings (SSSR count). The van der Waals surface area contributed by atoms with E-state index in [2.05, 4.69) is 0 Å². The topological polar surface area (TPSA) is 55.8 Å². The summed E-state index contributed by atoms with van der Waals surface area (Å²) in [5.41, 5.74) is 0.829. The van der Waals surface area contributed by atoms with E-state index < -0.39 is 10.0 Å². The molecule has 0 saturated carbocycles. The molecule has 1 heterocycles. The first-order chi connectivity index (χ1) is 12.6. The smallest absolute Gasteiger partial charge is 0.218 e. The lowest BCUT2D eigenvalue weighted by molar-refractivity contribution is 0.266. The van der Waals surface area contributed by atoms with Crippen molar-refractivity contribution >= 4 is 10.0 Å². The highest BCUT2D eigenvalue weighted by Gasteiger charge is 2.31. The summed E-state index contributed by atoms with van der Waals surface area (Å²) in [7, 11) is -1.64. The maximum absolute atomic E-state index is 12.6. The molecule has 1 aliphatic rings. The normalized spacial score (nSPS) is 18.0. The zero-order valence-corrected chi connectivity index (χ0v) is 15.8. The maximum Gasteiger partial charge on any atom is 0.218 e. The minimum absolute atomic E-state index is 0.0677. The van der Waals surface area contributed by atoms with Gasteiger partial charge in [0.1, 0.15) is 0 Å². The second kappa shape index (κ2) is 8.56. The van der Waals surface area contributed by atoms with E-state index in [-0.39, 0.29) is 5.75 Å². The standard InChI is InChI=1S/C20H25NO4S/c1-24-19-9-5-6-10-20(19)25-14-12-17-11-13-21(15-17)26(22,23)16-18-7-3-2-4-8-18/h2-10,17H,11-16H2,1H3. The molecule has 1 fully saturated rings. The van der Waals surface area contributed by atoms with E-state index in [1.54, 1.807) is 11.4 Å². The Morgan fingerprint density at radius 1 is 1.04 bits per heavy atom. The monoisotopic (exact) mass is 375 g/mol. The van der Waals surface area contributed by atoms with Crippen LogP contribution in [0.4, 0.5) is 0 Å². The second-order valence-corrected chi connectivity index (χ2v) is 8.51. The van der Waals surface area contributed by atoms with Gasteiger partial charge in [0.25, 0.3) is 0 Å². The molecule has 0 bridgehead atoms. The second-order valence-electron chi connectivity index (χ2n) is 6.54. The summed E-state index contributed by atoms with van der Waals surface area (Å²) in [5.74, 6) is 1.83. The van der Waals surface area contributed by atoms with E-state index in [4.69, 9.17) is 9.47 Å². The van der Waals surface area contributed by atoms with Gasteiger partial charge in [-0.3, -0.25) is 0 Å². The number of hydrogen-bond acceptors (Lipinski definition) is 4. The first-order valence-electron chi connectivity index (χ1n) is 8.86. The average Bonchev–Trinajstić information content (AvgIpc) is 3.13. The maximum atomic E-state index is 12.6. The fraction of sp³-hybridized carbons (Fsp3) is 0.400. The molecular weight excluding hydrogens is 350 g/mol. The van der Waals surface area contributed by atoms with Crippen LogP contribution in [0.3, 0.4) is 0 Å². The molecule has 1 aliphatic heterocycles. The van der Waals surface area contributed by atoms with Crippen LogP contribution in [0.15, 0.2) is 54.6 Å². The van der Waals surface area contributed by atoms with Crippen molar-refractivity contribution in [1.82, 2.24) is 4.31 Å². The first kappa shape index (κ1) is 18.7. The summed E-state index contributed by atoms with van der Waals surface area (Å²) in [6.45, 7) is 1.72. The Hall–Kier alpha value is -2.05. The molecule has 0 N–H and O–H groups in total. The molecular formula is C20H25NO4S. The van der Waals surface area contributed by atoms with Crippen molar-refractivity contribution < 1.29 is 17.9 Å². The zero-order chi connectivity index (χ0) is 18.4. The third kappa shape index (κ3) is 4.77. The number of nitrogens with zero attached hydrogens (tertiary/aromatic N) is 1. The lowest BCUT2D eigenvalue weighted by Crippen LogP contribution is -2.30. The van der Waals surface area contributed by atoms with Crippen LogP contribution < -0.4 is 9.47 Å². The highest BCUT2D eigenvalue weighted by atomic mass is 32.2. The number of methoxy groups -OCH3 is 1. The molecule has 5 nitrogen and oxygen atoms in total. The summed E-state index contributed by atoms with van der Waals surface area (Å²) < 4.78 is 37.9. The van der Waals surface area contributed by atoms with Crippen LogP contribution in [0.5, 0.6) is 11.5 Å². The Balaban J connectivity index is 1.49.